The number of hydrogen-bond acceptors (Lipinski definition) is 4. The maximum Gasteiger partial charge on any atom is 0.306 e. The van der Waals surface area contributed by atoms with Gasteiger partial charge in [0.2, 0.25) is 5.78 Å². The number of aromatic nitrogens is 1. The first-order valence-electron chi connectivity index (χ1n) is 8.44. The quantitative estimate of drug-likeness (QED) is 0.518. The van der Waals surface area contributed by atoms with Crippen LogP contribution < -0.4 is 0 Å². The number of para-hydroxylation sites is 1. The van der Waals surface area contributed by atoms with Crippen LogP contribution in [0.2, 0.25) is 0 Å². The first-order valence-corrected chi connectivity index (χ1v) is 8.44. The minimum Gasteiger partial charge on any atom is -0.454 e. The monoisotopic (exact) mass is 349 g/mol. The Morgan fingerprint density at radius 3 is 2.42 bits per heavy atom. The number of ether oxygens (including phenoxy) is 1. The lowest BCUT2D eigenvalue weighted by atomic mass is 10.1. The molecule has 0 aliphatic rings. The topological polar surface area (TPSA) is 76.2 Å². The Kier molecular flexibility index (Phi) is 5.27. The lowest BCUT2D eigenvalue weighted by Gasteiger charge is -2.11. The minimum absolute atomic E-state index is 0.0524. The Bertz CT molecular complexity index is 943. The third kappa shape index (κ3) is 3.88. The zero-order valence-corrected chi connectivity index (χ0v) is 14.4. The summed E-state index contributed by atoms with van der Waals surface area (Å²) in [5.41, 5.74) is 1.90. The summed E-state index contributed by atoms with van der Waals surface area (Å²) in [6, 6.07) is 16.2. The van der Waals surface area contributed by atoms with Gasteiger partial charge in [0.15, 0.2) is 11.9 Å². The molecule has 5 heteroatoms. The van der Waals surface area contributed by atoms with Crippen LogP contribution in [0, 0.1) is 0 Å². The van der Waals surface area contributed by atoms with Crippen molar-refractivity contribution in [1.82, 2.24) is 4.98 Å². The second-order valence-corrected chi connectivity index (χ2v) is 6.03. The van der Waals surface area contributed by atoms with Crippen molar-refractivity contribution in [3.63, 3.8) is 0 Å². The normalized spacial score (nSPS) is 11.9. The van der Waals surface area contributed by atoms with Crippen LogP contribution in [-0.2, 0) is 9.53 Å². The summed E-state index contributed by atoms with van der Waals surface area (Å²) in [7, 11) is 0. The fourth-order valence-corrected chi connectivity index (χ4v) is 2.79. The number of hydrogen-bond donors (Lipinski definition) is 1. The van der Waals surface area contributed by atoms with Gasteiger partial charge >= 0.3 is 5.97 Å². The van der Waals surface area contributed by atoms with Crippen LogP contribution in [0.15, 0.2) is 60.8 Å². The Hall–Kier alpha value is -3.21. The Morgan fingerprint density at radius 1 is 0.962 bits per heavy atom. The molecular formula is C21H19NO4. The average molecular weight is 349 g/mol. The lowest BCUT2D eigenvalue weighted by Crippen LogP contribution is -2.24. The predicted octanol–water partition coefficient (Wildman–Crippen LogP) is 3.95. The molecule has 3 aromatic rings. The van der Waals surface area contributed by atoms with E-state index in [1.807, 2.05) is 30.3 Å². The standard InChI is InChI=1S/C21H19NO4/c1-14(21(25)17-13-22-18-10-6-5-9-16(17)18)26-20(24)12-11-19(23)15-7-3-2-4-8-15/h2-10,13-14,22H,11-12H2,1H3/t14-/m0/s1. The first kappa shape index (κ1) is 17.6. The number of carbonyl (C=O) groups excluding carboxylic acids is 3. The van der Waals surface area contributed by atoms with Gasteiger partial charge in [-0.25, -0.2) is 0 Å². The third-order valence-corrected chi connectivity index (χ3v) is 4.18. The SMILES string of the molecule is C[C@H](OC(=O)CCC(=O)c1ccccc1)C(=O)c1c[nH]c2ccccc12. The van der Waals surface area contributed by atoms with Crippen molar-refractivity contribution < 1.29 is 19.1 Å². The van der Waals surface area contributed by atoms with E-state index in [4.69, 9.17) is 4.74 Å². The number of aromatic amines is 1. The highest BCUT2D eigenvalue weighted by molar-refractivity contribution is 6.10. The molecule has 3 rings (SSSR count). The molecule has 0 amide bonds. The van der Waals surface area contributed by atoms with E-state index in [0.29, 0.717) is 11.1 Å². The molecule has 0 saturated heterocycles. The molecule has 26 heavy (non-hydrogen) atoms. The maximum absolute atomic E-state index is 12.6. The van der Waals surface area contributed by atoms with Crippen LogP contribution in [-0.4, -0.2) is 28.6 Å². The number of nitrogens with one attached hydrogen (secondary N) is 1. The third-order valence-electron chi connectivity index (χ3n) is 4.18. The van der Waals surface area contributed by atoms with Gasteiger partial charge in [0, 0.05) is 34.6 Å². The highest BCUT2D eigenvalue weighted by Gasteiger charge is 2.22. The van der Waals surface area contributed by atoms with Crippen molar-refractivity contribution in [2.45, 2.75) is 25.9 Å². The molecule has 0 spiro atoms. The summed E-state index contributed by atoms with van der Waals surface area (Å²) < 4.78 is 5.22. The molecule has 0 aliphatic carbocycles. The summed E-state index contributed by atoms with van der Waals surface area (Å²) >= 11 is 0. The van der Waals surface area contributed by atoms with Crippen LogP contribution in [0.4, 0.5) is 0 Å². The minimum atomic E-state index is -0.909. The number of benzene rings is 2. The van der Waals surface area contributed by atoms with Crippen molar-refractivity contribution in [3.8, 4) is 0 Å². The molecule has 132 valence electrons. The molecule has 0 saturated carbocycles. The second-order valence-electron chi connectivity index (χ2n) is 6.03. The summed E-state index contributed by atoms with van der Waals surface area (Å²) in [4.78, 5) is 39.6. The number of fused-ring (bicyclic) bond motifs is 1. The van der Waals surface area contributed by atoms with Crippen LogP contribution in [0.3, 0.4) is 0 Å². The zero-order valence-electron chi connectivity index (χ0n) is 14.4. The molecule has 5 nitrogen and oxygen atoms in total. The molecule has 0 aliphatic heterocycles. The Morgan fingerprint density at radius 2 is 1.65 bits per heavy atom. The number of H-pyrrole nitrogens is 1. The largest absolute Gasteiger partial charge is 0.454 e. The molecule has 0 bridgehead atoms. The van der Waals surface area contributed by atoms with Crippen LogP contribution in [0.1, 0.15) is 40.5 Å². The van der Waals surface area contributed by atoms with E-state index in [1.54, 1.807) is 37.4 Å². The van der Waals surface area contributed by atoms with Crippen LogP contribution >= 0.6 is 0 Å². The van der Waals surface area contributed by atoms with E-state index in [1.165, 1.54) is 0 Å². The van der Waals surface area contributed by atoms with Crippen molar-refractivity contribution in [2.75, 3.05) is 0 Å². The van der Waals surface area contributed by atoms with E-state index in [0.717, 1.165) is 10.9 Å². The fraction of sp³-hybridized carbons (Fsp3) is 0.190. The average Bonchev–Trinajstić information content (AvgIpc) is 3.10. The van der Waals surface area contributed by atoms with Gasteiger partial charge in [-0.05, 0) is 13.0 Å². The summed E-state index contributed by atoms with van der Waals surface area (Å²) in [5, 5.41) is 0.791. The molecule has 0 unspecified atom stereocenters. The fourth-order valence-electron chi connectivity index (χ4n) is 2.79. The van der Waals surface area contributed by atoms with Gasteiger partial charge in [-0.3, -0.25) is 14.4 Å². The number of rotatable bonds is 7. The van der Waals surface area contributed by atoms with E-state index < -0.39 is 12.1 Å². The zero-order chi connectivity index (χ0) is 18.5. The Labute approximate surface area is 151 Å². The van der Waals surface area contributed by atoms with Gasteiger partial charge in [0.25, 0.3) is 0 Å². The molecule has 0 fully saturated rings. The molecule has 0 radical (unpaired) electrons. The van der Waals surface area contributed by atoms with E-state index in [9.17, 15) is 14.4 Å². The number of Topliss-reactive ketones (excluding diaryl/α,β-unsaturated/α-hetero) is 2. The maximum atomic E-state index is 12.6. The predicted molar refractivity (Wildman–Crippen MR) is 98.2 cm³/mol. The van der Waals surface area contributed by atoms with Crippen molar-refractivity contribution in [1.29, 1.82) is 0 Å². The smallest absolute Gasteiger partial charge is 0.306 e. The first-order chi connectivity index (χ1) is 12.6. The van der Waals surface area contributed by atoms with Gasteiger partial charge < -0.3 is 9.72 Å². The van der Waals surface area contributed by atoms with Crippen molar-refractivity contribution >= 4 is 28.4 Å². The van der Waals surface area contributed by atoms with Gasteiger partial charge in [0.05, 0.1) is 6.42 Å². The van der Waals surface area contributed by atoms with Gasteiger partial charge in [-0.2, -0.15) is 0 Å². The Balaban J connectivity index is 1.57. The second kappa shape index (κ2) is 7.78. The van der Waals surface area contributed by atoms with Gasteiger partial charge in [0.1, 0.15) is 0 Å². The van der Waals surface area contributed by atoms with E-state index in [2.05, 4.69) is 4.98 Å². The summed E-state index contributed by atoms with van der Waals surface area (Å²) in [6.07, 6.45) is 0.709. The number of esters is 1. The van der Waals surface area contributed by atoms with E-state index >= 15 is 0 Å². The molecule has 1 aromatic heterocycles. The molecular weight excluding hydrogens is 330 g/mol. The lowest BCUT2D eigenvalue weighted by molar-refractivity contribution is -0.146. The van der Waals surface area contributed by atoms with Gasteiger partial charge in [-0.1, -0.05) is 48.5 Å². The summed E-state index contributed by atoms with van der Waals surface area (Å²) in [6.45, 7) is 1.54. The molecule has 1 N–H and O–H groups in total. The van der Waals surface area contributed by atoms with Gasteiger partial charge in [-0.15, -0.1) is 0 Å². The number of carbonyl (C=O) groups is 3. The van der Waals surface area contributed by atoms with Crippen molar-refractivity contribution in [2.24, 2.45) is 0 Å². The highest BCUT2D eigenvalue weighted by Crippen LogP contribution is 2.20. The van der Waals surface area contributed by atoms with E-state index in [-0.39, 0.29) is 24.4 Å². The molecule has 1 heterocycles. The molecule has 2 aromatic carbocycles. The van der Waals surface area contributed by atoms with Crippen molar-refractivity contribution in [3.05, 3.63) is 71.9 Å². The molecule has 1 atom stereocenters. The van der Waals surface area contributed by atoms with Crippen LogP contribution in [0.5, 0.6) is 0 Å². The van der Waals surface area contributed by atoms with Crippen LogP contribution in [0.25, 0.3) is 10.9 Å². The summed E-state index contributed by atoms with van der Waals surface area (Å²) in [5.74, 6) is -0.960. The highest BCUT2D eigenvalue weighted by atomic mass is 16.5. The number of ketones is 2.